The molecule has 1 atom stereocenters. The van der Waals surface area contributed by atoms with E-state index in [-0.39, 0.29) is 35.2 Å². The van der Waals surface area contributed by atoms with Crippen molar-refractivity contribution in [2.45, 2.75) is 25.3 Å². The number of carbonyl (C=O) groups is 3. The number of aryl methyl sites for hydroxylation is 1. The lowest BCUT2D eigenvalue weighted by molar-refractivity contribution is -0.123. The normalized spacial score (nSPS) is 15.2. The van der Waals surface area contributed by atoms with Gasteiger partial charge in [-0.05, 0) is 60.9 Å². The molecule has 4 aromatic rings. The number of aromatic nitrogens is 1. The van der Waals surface area contributed by atoms with Gasteiger partial charge in [0.2, 0.25) is 0 Å². The van der Waals surface area contributed by atoms with Gasteiger partial charge in [-0.2, -0.15) is 0 Å². The number of hydrogen-bond acceptors (Lipinski definition) is 6. The summed E-state index contributed by atoms with van der Waals surface area (Å²) in [6.45, 7) is 0.843. The summed E-state index contributed by atoms with van der Waals surface area (Å²) >= 11 is 6.43. The summed E-state index contributed by atoms with van der Waals surface area (Å²) in [5.74, 6) is -1.06. The number of ketones is 1. The lowest BCUT2D eigenvalue weighted by Crippen LogP contribution is -2.39. The number of carbonyl (C=O) groups excluding carboxylic acids is 3. The third kappa shape index (κ3) is 6.11. The van der Waals surface area contributed by atoms with Crippen molar-refractivity contribution < 1.29 is 28.2 Å². The Bertz CT molecular complexity index is 1620. The number of rotatable bonds is 9. The van der Waals surface area contributed by atoms with Crippen LogP contribution in [0.15, 0.2) is 66.9 Å². The molecule has 8 nitrogen and oxygen atoms in total. The molecule has 1 saturated heterocycles. The third-order valence-electron chi connectivity index (χ3n) is 7.30. The molecule has 1 amide bonds. The van der Waals surface area contributed by atoms with E-state index in [1.54, 1.807) is 30.5 Å². The molecule has 1 N–H and O–H groups in total. The second-order valence-corrected chi connectivity index (χ2v) is 10.4. The highest BCUT2D eigenvalue weighted by molar-refractivity contribution is 6.34. The fourth-order valence-corrected chi connectivity index (χ4v) is 5.38. The number of fused-ring (bicyclic) bond motifs is 1. The Labute approximate surface area is 241 Å². The highest BCUT2D eigenvalue weighted by Gasteiger charge is 2.31. The standard InChI is InChI=1S/C31H29ClFN3O5/c1-35-17-23(22-6-3-4-7-27(22)35)30(38)34-26-16-25(33)20(14-24(26)32)15-29(37)28-8-5-13-36(28)18-41-21-11-9-19(10-12-21)31(39)40-2/h3-4,6-7,9-12,14,16-17,28H,5,8,13,15,18H2,1-2H3,(H,34,38)/t28-/m1/s1. The van der Waals surface area contributed by atoms with Crippen molar-refractivity contribution in [2.75, 3.05) is 25.7 Å². The van der Waals surface area contributed by atoms with Crippen molar-refractivity contribution in [3.8, 4) is 5.75 Å². The molecule has 0 unspecified atom stereocenters. The van der Waals surface area contributed by atoms with Gasteiger partial charge in [-0.15, -0.1) is 0 Å². The fraction of sp³-hybridized carbons (Fsp3) is 0.258. The van der Waals surface area contributed by atoms with Gasteiger partial charge in [0.25, 0.3) is 5.91 Å². The van der Waals surface area contributed by atoms with Crippen LogP contribution in [-0.4, -0.2) is 53.6 Å². The molecule has 1 aliphatic heterocycles. The summed E-state index contributed by atoms with van der Waals surface area (Å²) in [5.41, 5.74) is 2.05. The predicted molar refractivity (Wildman–Crippen MR) is 154 cm³/mol. The zero-order valence-corrected chi connectivity index (χ0v) is 23.4. The number of esters is 1. The highest BCUT2D eigenvalue weighted by atomic mass is 35.5. The van der Waals surface area contributed by atoms with Crippen LogP contribution in [0.2, 0.25) is 5.02 Å². The largest absolute Gasteiger partial charge is 0.478 e. The zero-order chi connectivity index (χ0) is 29.1. The van der Waals surface area contributed by atoms with Crippen molar-refractivity contribution in [3.05, 3.63) is 94.4 Å². The maximum Gasteiger partial charge on any atom is 0.337 e. The van der Waals surface area contributed by atoms with Crippen LogP contribution in [0.3, 0.4) is 0 Å². The summed E-state index contributed by atoms with van der Waals surface area (Å²) in [6.07, 6.45) is 3.02. The van der Waals surface area contributed by atoms with E-state index in [4.69, 9.17) is 21.1 Å². The lowest BCUT2D eigenvalue weighted by Gasteiger charge is -2.23. The predicted octanol–water partition coefficient (Wildman–Crippen LogP) is 5.62. The second-order valence-electron chi connectivity index (χ2n) is 9.95. The van der Waals surface area contributed by atoms with E-state index >= 15 is 4.39 Å². The van der Waals surface area contributed by atoms with Gasteiger partial charge in [0.15, 0.2) is 5.78 Å². The second kappa shape index (κ2) is 12.1. The van der Waals surface area contributed by atoms with Crippen molar-refractivity contribution in [2.24, 2.45) is 7.05 Å². The third-order valence-corrected chi connectivity index (χ3v) is 7.61. The minimum Gasteiger partial charge on any atom is -0.478 e. The van der Waals surface area contributed by atoms with Crippen molar-refractivity contribution in [3.63, 3.8) is 0 Å². The molecule has 3 aromatic carbocycles. The van der Waals surface area contributed by atoms with Gasteiger partial charge in [-0.1, -0.05) is 29.8 Å². The van der Waals surface area contributed by atoms with Crippen LogP contribution in [0.25, 0.3) is 10.9 Å². The van der Waals surface area contributed by atoms with Gasteiger partial charge < -0.3 is 19.4 Å². The Morgan fingerprint density at radius 3 is 2.61 bits per heavy atom. The number of nitrogens with one attached hydrogen (secondary N) is 1. The molecule has 10 heteroatoms. The summed E-state index contributed by atoms with van der Waals surface area (Å²) < 4.78 is 27.5. The molecule has 2 heterocycles. The van der Waals surface area contributed by atoms with Crippen LogP contribution in [0.5, 0.6) is 5.75 Å². The minimum absolute atomic E-state index is 0.132. The summed E-state index contributed by atoms with van der Waals surface area (Å²) in [6, 6.07) is 16.2. The van der Waals surface area contributed by atoms with Crippen LogP contribution >= 0.6 is 11.6 Å². The van der Waals surface area contributed by atoms with Gasteiger partial charge in [0.1, 0.15) is 18.3 Å². The number of halogens is 2. The van der Waals surface area contributed by atoms with Gasteiger partial charge in [-0.25, -0.2) is 9.18 Å². The Balaban J connectivity index is 1.22. The minimum atomic E-state index is -0.623. The zero-order valence-electron chi connectivity index (χ0n) is 22.7. The Kier molecular flexibility index (Phi) is 8.37. The molecular formula is C31H29ClFN3O5. The molecule has 41 heavy (non-hydrogen) atoms. The van der Waals surface area contributed by atoms with E-state index in [2.05, 4.69) is 5.32 Å². The Hall–Kier alpha value is -4.21. The maximum atomic E-state index is 15.1. The molecular weight excluding hydrogens is 549 g/mol. The van der Waals surface area contributed by atoms with Crippen LogP contribution in [-0.2, 0) is 23.0 Å². The van der Waals surface area contributed by atoms with Crippen molar-refractivity contribution in [1.29, 1.82) is 0 Å². The Morgan fingerprint density at radius 2 is 1.85 bits per heavy atom. The number of hydrogen-bond donors (Lipinski definition) is 1. The number of benzene rings is 3. The smallest absolute Gasteiger partial charge is 0.337 e. The maximum absolute atomic E-state index is 15.1. The fourth-order valence-electron chi connectivity index (χ4n) is 5.14. The monoisotopic (exact) mass is 577 g/mol. The van der Waals surface area contributed by atoms with Crippen molar-refractivity contribution >= 4 is 45.9 Å². The molecule has 0 spiro atoms. The number of ether oxygens (including phenoxy) is 2. The quantitative estimate of drug-likeness (QED) is 0.260. The van der Waals surface area contributed by atoms with Crippen LogP contribution in [0.1, 0.15) is 39.1 Å². The first-order chi connectivity index (χ1) is 19.7. The number of anilines is 1. The summed E-state index contributed by atoms with van der Waals surface area (Å²) in [4.78, 5) is 39.7. The molecule has 1 aromatic heterocycles. The Morgan fingerprint density at radius 1 is 1.10 bits per heavy atom. The molecule has 0 bridgehead atoms. The molecule has 0 aliphatic carbocycles. The molecule has 0 saturated carbocycles. The average Bonchev–Trinajstić information content (AvgIpc) is 3.59. The van der Waals surface area contributed by atoms with E-state index < -0.39 is 23.7 Å². The van der Waals surface area contributed by atoms with Crippen molar-refractivity contribution in [1.82, 2.24) is 9.47 Å². The topological polar surface area (TPSA) is 89.9 Å². The van der Waals surface area contributed by atoms with E-state index in [9.17, 15) is 14.4 Å². The van der Waals surface area contributed by atoms with E-state index in [0.29, 0.717) is 29.8 Å². The van der Waals surface area contributed by atoms with Crippen LogP contribution in [0.4, 0.5) is 10.1 Å². The molecule has 212 valence electrons. The number of para-hydroxylation sites is 1. The first kappa shape index (κ1) is 28.3. The van der Waals surface area contributed by atoms with Gasteiger partial charge >= 0.3 is 5.97 Å². The average molecular weight is 578 g/mol. The SMILES string of the molecule is COC(=O)c1ccc(OCN2CCC[C@@H]2C(=O)Cc2cc(Cl)c(NC(=O)c3cn(C)c4ccccc34)cc2F)cc1. The van der Waals surface area contributed by atoms with Gasteiger partial charge in [0, 0.05) is 37.1 Å². The first-order valence-corrected chi connectivity index (χ1v) is 13.5. The van der Waals surface area contributed by atoms with E-state index in [1.807, 2.05) is 40.8 Å². The molecule has 1 fully saturated rings. The number of nitrogens with zero attached hydrogens (tertiary/aromatic N) is 2. The number of amides is 1. The molecule has 1 aliphatic rings. The lowest BCUT2D eigenvalue weighted by atomic mass is 10.0. The molecule has 5 rings (SSSR count). The van der Waals surface area contributed by atoms with Gasteiger partial charge in [0.05, 0.1) is 35.0 Å². The van der Waals surface area contributed by atoms with Gasteiger partial charge in [-0.3, -0.25) is 14.5 Å². The summed E-state index contributed by atoms with van der Waals surface area (Å²) in [7, 11) is 3.16. The summed E-state index contributed by atoms with van der Waals surface area (Å²) in [5, 5.41) is 3.62. The van der Waals surface area contributed by atoms with E-state index in [0.717, 1.165) is 23.4 Å². The van der Waals surface area contributed by atoms with E-state index in [1.165, 1.54) is 13.2 Å². The number of likely N-dealkylation sites (tertiary alicyclic amines) is 1. The number of Topliss-reactive ketones (excluding diaryl/α,β-unsaturated/α-hetero) is 1. The van der Waals surface area contributed by atoms with Crippen LogP contribution in [0, 0.1) is 5.82 Å². The van der Waals surface area contributed by atoms with Crippen LogP contribution < -0.4 is 10.1 Å². The highest BCUT2D eigenvalue weighted by Crippen LogP contribution is 2.29. The molecule has 0 radical (unpaired) electrons. The first-order valence-electron chi connectivity index (χ1n) is 13.2. The number of methoxy groups -OCH3 is 1.